The van der Waals surface area contributed by atoms with Gasteiger partial charge in [0.05, 0.1) is 5.69 Å². The monoisotopic (exact) mass is 436 g/mol. The molecule has 142 valence electrons. The van der Waals surface area contributed by atoms with Gasteiger partial charge in [-0.1, -0.05) is 46.9 Å². The van der Waals surface area contributed by atoms with Gasteiger partial charge < -0.3 is 5.11 Å². The highest BCUT2D eigenvalue weighted by Gasteiger charge is 2.31. The average Bonchev–Trinajstić information content (AvgIpc) is 2.65. The Morgan fingerprint density at radius 2 is 1.75 bits per heavy atom. The highest BCUT2D eigenvalue weighted by Crippen LogP contribution is 2.34. The summed E-state index contributed by atoms with van der Waals surface area (Å²) in [5.41, 5.74) is -2.45. The van der Waals surface area contributed by atoms with E-state index in [4.69, 9.17) is 34.8 Å². The second-order valence-corrected chi connectivity index (χ2v) is 7.15. The van der Waals surface area contributed by atoms with Crippen molar-refractivity contribution >= 4 is 34.8 Å². The SMILES string of the molecule is N#CC(O)(Cc1c(Cl)cc(-n2ncc(=O)[nH]c2=O)cc1Cl)c1ccc(Cl)cc1. The third kappa shape index (κ3) is 3.96. The van der Waals surface area contributed by atoms with Gasteiger partial charge in [0.25, 0.3) is 5.56 Å². The third-order valence-electron chi connectivity index (χ3n) is 4.02. The van der Waals surface area contributed by atoms with Crippen molar-refractivity contribution in [3.63, 3.8) is 0 Å². The van der Waals surface area contributed by atoms with E-state index in [1.54, 1.807) is 12.1 Å². The van der Waals surface area contributed by atoms with Crippen LogP contribution in [-0.4, -0.2) is 19.9 Å². The smallest absolute Gasteiger partial charge is 0.349 e. The standard InChI is InChI=1S/C18H11Cl3N4O3/c19-11-3-1-10(2-4-11)18(28,9-22)7-13-14(20)5-12(6-15(13)21)25-17(27)24-16(26)8-23-25/h1-6,8,28H,7H2,(H,24,26,27). The first-order valence-corrected chi connectivity index (χ1v) is 8.93. The summed E-state index contributed by atoms with van der Waals surface area (Å²) >= 11 is 18.5. The Balaban J connectivity index is 2.03. The van der Waals surface area contributed by atoms with Gasteiger partial charge in [-0.25, -0.2) is 4.79 Å². The quantitative estimate of drug-likeness (QED) is 0.610. The van der Waals surface area contributed by atoms with Gasteiger partial charge in [-0.3, -0.25) is 9.78 Å². The first-order valence-electron chi connectivity index (χ1n) is 7.80. The molecule has 2 N–H and O–H groups in total. The van der Waals surface area contributed by atoms with E-state index in [1.807, 2.05) is 6.07 Å². The summed E-state index contributed by atoms with van der Waals surface area (Å²) in [4.78, 5) is 25.1. The Kier molecular flexibility index (Phi) is 5.59. The van der Waals surface area contributed by atoms with E-state index in [0.29, 0.717) is 16.1 Å². The number of hydrogen-bond acceptors (Lipinski definition) is 5. The van der Waals surface area contributed by atoms with Crippen LogP contribution in [0.3, 0.4) is 0 Å². The second kappa shape index (κ2) is 7.78. The molecular weight excluding hydrogens is 427 g/mol. The number of aromatic amines is 1. The molecule has 7 nitrogen and oxygen atoms in total. The number of nitrogens with one attached hydrogen (secondary N) is 1. The number of rotatable bonds is 4. The molecule has 0 radical (unpaired) electrons. The van der Waals surface area contributed by atoms with Crippen LogP contribution in [0.2, 0.25) is 15.1 Å². The molecule has 1 atom stereocenters. The fourth-order valence-corrected chi connectivity index (χ4v) is 3.34. The van der Waals surface area contributed by atoms with Gasteiger partial charge in [0, 0.05) is 21.5 Å². The number of aliphatic hydroxyl groups is 1. The van der Waals surface area contributed by atoms with Gasteiger partial charge >= 0.3 is 5.69 Å². The van der Waals surface area contributed by atoms with Crippen molar-refractivity contribution in [1.29, 1.82) is 5.26 Å². The predicted octanol–water partition coefficient (Wildman–Crippen LogP) is 2.83. The van der Waals surface area contributed by atoms with E-state index in [-0.39, 0.29) is 22.2 Å². The van der Waals surface area contributed by atoms with Gasteiger partial charge in [-0.15, -0.1) is 0 Å². The molecule has 0 saturated carbocycles. The van der Waals surface area contributed by atoms with Gasteiger partial charge in [0.15, 0.2) is 5.60 Å². The lowest BCUT2D eigenvalue weighted by atomic mass is 9.88. The van der Waals surface area contributed by atoms with Crippen molar-refractivity contribution in [2.75, 3.05) is 0 Å². The molecule has 0 saturated heterocycles. The largest absolute Gasteiger partial charge is 0.371 e. The van der Waals surface area contributed by atoms with Crippen LogP contribution in [-0.2, 0) is 12.0 Å². The summed E-state index contributed by atoms with van der Waals surface area (Å²) < 4.78 is 0.915. The Bertz CT molecular complexity index is 1180. The Morgan fingerprint density at radius 3 is 2.29 bits per heavy atom. The molecule has 0 amide bonds. The highest BCUT2D eigenvalue weighted by atomic mass is 35.5. The molecule has 0 aliphatic rings. The Labute approximate surface area is 173 Å². The van der Waals surface area contributed by atoms with Crippen LogP contribution in [0.5, 0.6) is 0 Å². The maximum absolute atomic E-state index is 11.9. The van der Waals surface area contributed by atoms with Crippen molar-refractivity contribution in [2.24, 2.45) is 0 Å². The summed E-state index contributed by atoms with van der Waals surface area (Å²) in [6.07, 6.45) is 0.739. The number of benzene rings is 2. The zero-order valence-electron chi connectivity index (χ0n) is 14.0. The van der Waals surface area contributed by atoms with E-state index in [0.717, 1.165) is 10.9 Å². The predicted molar refractivity (Wildman–Crippen MR) is 105 cm³/mol. The molecule has 0 spiro atoms. The molecule has 1 unspecified atom stereocenters. The molecule has 3 aromatic rings. The minimum absolute atomic E-state index is 0.116. The summed E-state index contributed by atoms with van der Waals surface area (Å²) in [6, 6.07) is 10.8. The number of nitriles is 1. The molecule has 0 fully saturated rings. The molecule has 1 heterocycles. The van der Waals surface area contributed by atoms with E-state index < -0.39 is 16.9 Å². The van der Waals surface area contributed by atoms with Gasteiger partial charge in [-0.05, 0) is 35.4 Å². The van der Waals surface area contributed by atoms with Crippen molar-refractivity contribution in [2.45, 2.75) is 12.0 Å². The maximum atomic E-state index is 11.9. The molecule has 1 aromatic heterocycles. The second-order valence-electron chi connectivity index (χ2n) is 5.89. The van der Waals surface area contributed by atoms with Gasteiger partial charge in [0.1, 0.15) is 12.3 Å². The minimum atomic E-state index is -1.90. The third-order valence-corrected chi connectivity index (χ3v) is 4.95. The lowest BCUT2D eigenvalue weighted by Gasteiger charge is -2.22. The maximum Gasteiger partial charge on any atom is 0.349 e. The fourth-order valence-electron chi connectivity index (χ4n) is 2.61. The van der Waals surface area contributed by atoms with Crippen LogP contribution in [0.1, 0.15) is 11.1 Å². The molecule has 3 rings (SSSR count). The highest BCUT2D eigenvalue weighted by molar-refractivity contribution is 6.36. The van der Waals surface area contributed by atoms with Gasteiger partial charge in [-0.2, -0.15) is 15.0 Å². The van der Waals surface area contributed by atoms with E-state index >= 15 is 0 Å². The van der Waals surface area contributed by atoms with Crippen LogP contribution in [0, 0.1) is 11.3 Å². The van der Waals surface area contributed by atoms with Crippen LogP contribution in [0.4, 0.5) is 0 Å². The molecule has 0 aliphatic carbocycles. The van der Waals surface area contributed by atoms with Gasteiger partial charge in [0.2, 0.25) is 0 Å². The van der Waals surface area contributed by atoms with E-state index in [2.05, 4.69) is 10.1 Å². The van der Waals surface area contributed by atoms with Crippen LogP contribution < -0.4 is 11.2 Å². The molecule has 2 aromatic carbocycles. The molecule has 0 bridgehead atoms. The Hall–Kier alpha value is -2.63. The number of aromatic nitrogens is 3. The fraction of sp³-hybridized carbons (Fsp3) is 0.111. The molecule has 0 aliphatic heterocycles. The lowest BCUT2D eigenvalue weighted by Crippen LogP contribution is -2.30. The van der Waals surface area contributed by atoms with Crippen molar-refractivity contribution in [3.05, 3.63) is 89.6 Å². The zero-order chi connectivity index (χ0) is 20.5. The van der Waals surface area contributed by atoms with Crippen LogP contribution in [0.15, 0.2) is 52.2 Å². The lowest BCUT2D eigenvalue weighted by molar-refractivity contribution is 0.0982. The summed E-state index contributed by atoms with van der Waals surface area (Å²) in [6.45, 7) is 0. The van der Waals surface area contributed by atoms with E-state index in [9.17, 15) is 20.0 Å². The summed E-state index contributed by atoms with van der Waals surface area (Å²) in [7, 11) is 0. The van der Waals surface area contributed by atoms with Crippen LogP contribution in [0.25, 0.3) is 5.69 Å². The minimum Gasteiger partial charge on any atom is -0.371 e. The Morgan fingerprint density at radius 1 is 1.14 bits per heavy atom. The first kappa shape index (κ1) is 20.1. The van der Waals surface area contributed by atoms with E-state index in [1.165, 1.54) is 24.3 Å². The van der Waals surface area contributed by atoms with Crippen molar-refractivity contribution < 1.29 is 5.11 Å². The number of hydrogen-bond donors (Lipinski definition) is 2. The number of nitrogens with zero attached hydrogens (tertiary/aromatic N) is 3. The van der Waals surface area contributed by atoms with Crippen molar-refractivity contribution in [1.82, 2.24) is 14.8 Å². The molecular formula is C18H11Cl3N4O3. The molecule has 10 heteroatoms. The summed E-state index contributed by atoms with van der Waals surface area (Å²) in [5.74, 6) is 0. The first-order chi connectivity index (χ1) is 13.2. The summed E-state index contributed by atoms with van der Waals surface area (Å²) in [5, 5.41) is 24.8. The number of H-pyrrole nitrogens is 1. The van der Waals surface area contributed by atoms with Crippen molar-refractivity contribution in [3.8, 4) is 11.8 Å². The average molecular weight is 438 g/mol. The normalized spacial score (nSPS) is 13.0. The molecule has 28 heavy (non-hydrogen) atoms. The van der Waals surface area contributed by atoms with Crippen LogP contribution >= 0.6 is 34.8 Å². The zero-order valence-corrected chi connectivity index (χ0v) is 16.3. The number of halogens is 3. The topological polar surface area (TPSA) is 112 Å².